The summed E-state index contributed by atoms with van der Waals surface area (Å²) in [5.41, 5.74) is 4.56. The fraction of sp³-hybridized carbons (Fsp3) is 0.207. The fourth-order valence-electron chi connectivity index (χ4n) is 4.49. The first-order valence-corrected chi connectivity index (χ1v) is 12.2. The third-order valence-corrected chi connectivity index (χ3v) is 6.51. The molecular weight excluding hydrogens is 467 g/mol. The van der Waals surface area contributed by atoms with Crippen molar-refractivity contribution in [2.75, 3.05) is 36.0 Å². The predicted octanol–water partition coefficient (Wildman–Crippen LogP) is 4.20. The van der Waals surface area contributed by atoms with Crippen LogP contribution in [0.15, 0.2) is 85.3 Å². The quantitative estimate of drug-likeness (QED) is 0.417. The lowest BCUT2D eigenvalue weighted by molar-refractivity contribution is 0.0984. The van der Waals surface area contributed by atoms with Gasteiger partial charge in [-0.2, -0.15) is 5.26 Å². The molecule has 1 aliphatic rings. The predicted molar refractivity (Wildman–Crippen MR) is 141 cm³/mol. The molecule has 186 valence electrons. The molecule has 0 spiro atoms. The summed E-state index contributed by atoms with van der Waals surface area (Å²) in [5, 5.41) is 12.4. The van der Waals surface area contributed by atoms with E-state index in [0.29, 0.717) is 12.1 Å². The monoisotopic (exact) mass is 494 g/mol. The average Bonchev–Trinajstić information content (AvgIpc) is 3.38. The Bertz CT molecular complexity index is 1400. The number of benzene rings is 3. The number of imidazole rings is 1. The molecule has 2 heterocycles. The SMILES string of the molecule is N#Cc1ccc(Cn2cncc2CN(C(=O)c2cccc(F)c2)c2ccc(N3CCNCC3)cc2)cc1. The number of nitrogens with zero attached hydrogens (tertiary/aromatic N) is 5. The van der Waals surface area contributed by atoms with E-state index in [1.807, 2.05) is 41.0 Å². The maximum atomic E-state index is 14.0. The zero-order chi connectivity index (χ0) is 25.6. The number of amides is 1. The van der Waals surface area contributed by atoms with Crippen molar-refractivity contribution in [1.82, 2.24) is 14.9 Å². The molecule has 0 radical (unpaired) electrons. The molecule has 0 atom stereocenters. The summed E-state index contributed by atoms with van der Waals surface area (Å²) in [5.74, 6) is -0.744. The Balaban J connectivity index is 1.43. The zero-order valence-electron chi connectivity index (χ0n) is 20.3. The van der Waals surface area contributed by atoms with E-state index in [0.717, 1.165) is 48.8 Å². The lowest BCUT2D eigenvalue weighted by Gasteiger charge is -2.30. The third kappa shape index (κ3) is 5.68. The number of carbonyl (C=O) groups is 1. The minimum Gasteiger partial charge on any atom is -0.369 e. The van der Waals surface area contributed by atoms with Crippen LogP contribution >= 0.6 is 0 Å². The molecule has 0 unspecified atom stereocenters. The van der Waals surface area contributed by atoms with Crippen LogP contribution in [-0.2, 0) is 13.1 Å². The van der Waals surface area contributed by atoms with Crippen molar-refractivity contribution in [3.63, 3.8) is 0 Å². The lowest BCUT2D eigenvalue weighted by atomic mass is 10.1. The summed E-state index contributed by atoms with van der Waals surface area (Å²) in [6.45, 7) is 4.55. The van der Waals surface area contributed by atoms with Gasteiger partial charge in [0, 0.05) is 55.9 Å². The standard InChI is InChI=1S/C29H27FN6O/c30-25-3-1-2-24(16-25)29(37)36(27-10-8-26(9-11-27)34-14-12-32-13-15-34)20-28-18-33-21-35(28)19-23-6-4-22(17-31)5-7-23/h1-11,16,18,21,32H,12-15,19-20H2. The van der Waals surface area contributed by atoms with E-state index >= 15 is 0 Å². The summed E-state index contributed by atoms with van der Waals surface area (Å²) in [4.78, 5) is 21.9. The van der Waals surface area contributed by atoms with E-state index in [1.165, 1.54) is 12.1 Å². The second kappa shape index (κ2) is 11.1. The van der Waals surface area contributed by atoms with Crippen LogP contribution in [0.2, 0.25) is 0 Å². The van der Waals surface area contributed by atoms with E-state index in [4.69, 9.17) is 5.26 Å². The summed E-state index contributed by atoms with van der Waals surface area (Å²) >= 11 is 0. The van der Waals surface area contributed by atoms with Gasteiger partial charge in [-0.15, -0.1) is 0 Å². The van der Waals surface area contributed by atoms with Crippen LogP contribution in [0.1, 0.15) is 27.2 Å². The molecule has 1 saturated heterocycles. The number of hydrogen-bond acceptors (Lipinski definition) is 5. The minimum absolute atomic E-state index is 0.263. The number of rotatable bonds is 7. The minimum atomic E-state index is -0.453. The molecule has 8 heteroatoms. The molecule has 0 saturated carbocycles. The van der Waals surface area contributed by atoms with Crippen molar-refractivity contribution in [2.24, 2.45) is 0 Å². The zero-order valence-corrected chi connectivity index (χ0v) is 20.3. The molecule has 5 rings (SSSR count). The maximum Gasteiger partial charge on any atom is 0.258 e. The number of nitriles is 1. The molecule has 7 nitrogen and oxygen atoms in total. The molecule has 1 amide bonds. The number of carbonyl (C=O) groups excluding carboxylic acids is 1. The van der Waals surface area contributed by atoms with Gasteiger partial charge in [-0.25, -0.2) is 9.37 Å². The number of piperazine rings is 1. The van der Waals surface area contributed by atoms with E-state index in [9.17, 15) is 9.18 Å². The molecule has 0 aliphatic carbocycles. The molecule has 4 aromatic rings. The smallest absolute Gasteiger partial charge is 0.258 e. The summed E-state index contributed by atoms with van der Waals surface area (Å²) in [6, 6.07) is 23.2. The Morgan fingerprint density at radius 1 is 1.05 bits per heavy atom. The lowest BCUT2D eigenvalue weighted by Crippen LogP contribution is -2.43. The molecule has 1 fully saturated rings. The summed E-state index contributed by atoms with van der Waals surface area (Å²) in [6.07, 6.45) is 3.47. The molecule has 1 aromatic heterocycles. The number of hydrogen-bond donors (Lipinski definition) is 1. The van der Waals surface area contributed by atoms with Gasteiger partial charge in [0.1, 0.15) is 5.82 Å². The van der Waals surface area contributed by atoms with Crippen molar-refractivity contribution < 1.29 is 9.18 Å². The first kappa shape index (κ1) is 24.2. The van der Waals surface area contributed by atoms with Gasteiger partial charge in [0.05, 0.1) is 30.2 Å². The Kier molecular flexibility index (Phi) is 7.24. The largest absolute Gasteiger partial charge is 0.369 e. The number of aromatic nitrogens is 2. The van der Waals surface area contributed by atoms with E-state index < -0.39 is 5.82 Å². The fourth-order valence-corrected chi connectivity index (χ4v) is 4.49. The third-order valence-electron chi connectivity index (χ3n) is 6.51. The van der Waals surface area contributed by atoms with Gasteiger partial charge in [-0.1, -0.05) is 18.2 Å². The molecule has 37 heavy (non-hydrogen) atoms. The van der Waals surface area contributed by atoms with Crippen LogP contribution in [0.3, 0.4) is 0 Å². The highest BCUT2D eigenvalue weighted by atomic mass is 19.1. The second-order valence-electron chi connectivity index (χ2n) is 8.98. The van der Waals surface area contributed by atoms with Gasteiger partial charge in [-0.05, 0) is 60.2 Å². The van der Waals surface area contributed by atoms with Crippen molar-refractivity contribution in [1.29, 1.82) is 5.26 Å². The van der Waals surface area contributed by atoms with Gasteiger partial charge in [0.2, 0.25) is 0 Å². The second-order valence-corrected chi connectivity index (χ2v) is 8.98. The highest BCUT2D eigenvalue weighted by molar-refractivity contribution is 6.06. The van der Waals surface area contributed by atoms with Gasteiger partial charge in [0.25, 0.3) is 5.91 Å². The summed E-state index contributed by atoms with van der Waals surface area (Å²) in [7, 11) is 0. The highest BCUT2D eigenvalue weighted by Crippen LogP contribution is 2.25. The van der Waals surface area contributed by atoms with Crippen LogP contribution in [0.5, 0.6) is 0 Å². The van der Waals surface area contributed by atoms with E-state index in [-0.39, 0.29) is 18.0 Å². The van der Waals surface area contributed by atoms with Crippen LogP contribution in [-0.4, -0.2) is 41.6 Å². The van der Waals surface area contributed by atoms with Crippen LogP contribution < -0.4 is 15.1 Å². The number of halogens is 1. The molecule has 3 aromatic carbocycles. The van der Waals surface area contributed by atoms with Crippen molar-refractivity contribution in [2.45, 2.75) is 13.1 Å². The van der Waals surface area contributed by atoms with Crippen molar-refractivity contribution >= 4 is 17.3 Å². The van der Waals surface area contributed by atoms with Crippen molar-refractivity contribution in [3.05, 3.63) is 114 Å². The van der Waals surface area contributed by atoms with Crippen molar-refractivity contribution in [3.8, 4) is 6.07 Å². The Morgan fingerprint density at radius 2 is 1.81 bits per heavy atom. The van der Waals surface area contributed by atoms with Gasteiger partial charge >= 0.3 is 0 Å². The van der Waals surface area contributed by atoms with Gasteiger partial charge in [-0.3, -0.25) is 4.79 Å². The van der Waals surface area contributed by atoms with E-state index in [2.05, 4.69) is 21.3 Å². The number of nitrogens with one attached hydrogen (secondary N) is 1. The maximum absolute atomic E-state index is 14.0. The average molecular weight is 495 g/mol. The van der Waals surface area contributed by atoms with Crippen LogP contribution in [0.25, 0.3) is 0 Å². The topological polar surface area (TPSA) is 77.2 Å². The normalized spacial score (nSPS) is 13.2. The van der Waals surface area contributed by atoms with Gasteiger partial charge < -0.3 is 19.7 Å². The first-order valence-electron chi connectivity index (χ1n) is 12.2. The Morgan fingerprint density at radius 3 is 2.51 bits per heavy atom. The first-order chi connectivity index (χ1) is 18.1. The van der Waals surface area contributed by atoms with Crippen LogP contribution in [0.4, 0.5) is 15.8 Å². The molecular formula is C29H27FN6O. The number of anilines is 2. The Labute approximate surface area is 215 Å². The van der Waals surface area contributed by atoms with Gasteiger partial charge in [0.15, 0.2) is 0 Å². The van der Waals surface area contributed by atoms with Crippen LogP contribution in [0, 0.1) is 17.1 Å². The summed E-state index contributed by atoms with van der Waals surface area (Å²) < 4.78 is 15.9. The Hall–Kier alpha value is -4.48. The highest BCUT2D eigenvalue weighted by Gasteiger charge is 2.21. The molecule has 1 aliphatic heterocycles. The molecule has 1 N–H and O–H groups in total. The van der Waals surface area contributed by atoms with E-state index in [1.54, 1.807) is 41.7 Å². The molecule has 0 bridgehead atoms.